The highest BCUT2D eigenvalue weighted by Gasteiger charge is 2.09. The number of aryl methyl sites for hydroxylation is 1. The summed E-state index contributed by atoms with van der Waals surface area (Å²) >= 11 is 0. The Morgan fingerprint density at radius 1 is 1.04 bits per heavy atom. The molecule has 0 unspecified atom stereocenters. The van der Waals surface area contributed by atoms with Crippen LogP contribution in [0.25, 0.3) is 10.8 Å². The Hall–Kier alpha value is -3.01. The second kappa shape index (κ2) is 8.39. The molecule has 0 bridgehead atoms. The molecule has 2 N–H and O–H groups in total. The first-order valence-corrected chi connectivity index (χ1v) is 8.83. The Bertz CT molecular complexity index is 900. The number of unbranched alkanes of at least 4 members (excludes halogenated alkanes) is 1. The third kappa shape index (κ3) is 4.33. The van der Waals surface area contributed by atoms with Crippen LogP contribution in [0.3, 0.4) is 0 Å². The Balaban J connectivity index is 1.47. The summed E-state index contributed by atoms with van der Waals surface area (Å²) in [6.45, 7) is 3.23. The van der Waals surface area contributed by atoms with Crippen LogP contribution in [0.5, 0.6) is 5.75 Å². The molecule has 0 spiro atoms. The van der Waals surface area contributed by atoms with Crippen molar-refractivity contribution in [2.75, 3.05) is 18.5 Å². The van der Waals surface area contributed by atoms with E-state index >= 15 is 0 Å². The van der Waals surface area contributed by atoms with Crippen molar-refractivity contribution in [1.29, 1.82) is 0 Å². The second-order valence-corrected chi connectivity index (χ2v) is 6.31. The third-order valence-corrected chi connectivity index (χ3v) is 4.30. The Morgan fingerprint density at radius 2 is 1.85 bits per heavy atom. The molecule has 0 radical (unpaired) electrons. The minimum Gasteiger partial charge on any atom is -0.493 e. The summed E-state index contributed by atoms with van der Waals surface area (Å²) in [5.74, 6) is -0.00162. The quantitative estimate of drug-likeness (QED) is 0.554. The lowest BCUT2D eigenvalue weighted by atomic mass is 10.1. The molecule has 0 heterocycles. The average Bonchev–Trinajstić information content (AvgIpc) is 2.65. The standard InChI is InChI=1S/C22H23NO3/c1-16-11-12-20(19(15-16)22(24)25)23-13-4-5-14-26-21-10-6-8-17-7-2-3-9-18(17)21/h2-3,6-12,15,23H,4-5,13-14H2,1H3,(H,24,25). The van der Waals surface area contributed by atoms with Crippen molar-refractivity contribution in [2.24, 2.45) is 0 Å². The van der Waals surface area contributed by atoms with Gasteiger partial charge in [-0.2, -0.15) is 0 Å². The summed E-state index contributed by atoms with van der Waals surface area (Å²) in [5.41, 5.74) is 1.92. The molecule has 0 atom stereocenters. The Labute approximate surface area is 153 Å². The van der Waals surface area contributed by atoms with E-state index in [0.717, 1.165) is 29.5 Å². The van der Waals surface area contributed by atoms with Crippen molar-refractivity contribution in [3.05, 3.63) is 71.8 Å². The van der Waals surface area contributed by atoms with Crippen LogP contribution in [0.2, 0.25) is 0 Å². The fourth-order valence-electron chi connectivity index (χ4n) is 2.94. The van der Waals surface area contributed by atoms with E-state index in [0.29, 0.717) is 24.4 Å². The SMILES string of the molecule is Cc1ccc(NCCCCOc2cccc3ccccc23)c(C(=O)O)c1. The minimum absolute atomic E-state index is 0.317. The van der Waals surface area contributed by atoms with E-state index in [1.54, 1.807) is 6.07 Å². The zero-order valence-corrected chi connectivity index (χ0v) is 14.9. The van der Waals surface area contributed by atoms with Crippen molar-refractivity contribution >= 4 is 22.4 Å². The van der Waals surface area contributed by atoms with Crippen molar-refractivity contribution in [3.63, 3.8) is 0 Å². The molecule has 4 nitrogen and oxygen atoms in total. The number of hydrogen-bond acceptors (Lipinski definition) is 3. The molecule has 0 fully saturated rings. The van der Waals surface area contributed by atoms with Gasteiger partial charge in [-0.3, -0.25) is 0 Å². The lowest BCUT2D eigenvalue weighted by Gasteiger charge is -2.11. The molecule has 0 amide bonds. The highest BCUT2D eigenvalue weighted by Crippen LogP contribution is 2.25. The summed E-state index contributed by atoms with van der Waals surface area (Å²) in [6, 6.07) is 19.7. The number of carboxylic acid groups (broad SMARTS) is 1. The van der Waals surface area contributed by atoms with E-state index in [1.807, 2.05) is 43.3 Å². The maximum absolute atomic E-state index is 11.3. The van der Waals surface area contributed by atoms with Gasteiger partial charge in [-0.15, -0.1) is 0 Å². The van der Waals surface area contributed by atoms with E-state index in [2.05, 4.69) is 23.5 Å². The molecule has 0 aromatic heterocycles. The molecule has 3 rings (SSSR count). The van der Waals surface area contributed by atoms with Crippen molar-refractivity contribution in [1.82, 2.24) is 0 Å². The van der Waals surface area contributed by atoms with Gasteiger partial charge in [0.15, 0.2) is 0 Å². The van der Waals surface area contributed by atoms with Crippen LogP contribution >= 0.6 is 0 Å². The molecule has 0 saturated carbocycles. The van der Waals surface area contributed by atoms with Crippen LogP contribution in [0.4, 0.5) is 5.69 Å². The second-order valence-electron chi connectivity index (χ2n) is 6.31. The number of anilines is 1. The fraction of sp³-hybridized carbons (Fsp3) is 0.227. The van der Waals surface area contributed by atoms with E-state index in [9.17, 15) is 9.90 Å². The normalized spacial score (nSPS) is 10.7. The maximum atomic E-state index is 11.3. The highest BCUT2D eigenvalue weighted by atomic mass is 16.5. The number of nitrogens with one attached hydrogen (secondary N) is 1. The molecular weight excluding hydrogens is 326 g/mol. The molecule has 0 aliphatic heterocycles. The van der Waals surface area contributed by atoms with E-state index in [4.69, 9.17) is 4.74 Å². The smallest absolute Gasteiger partial charge is 0.337 e. The first kappa shape index (κ1) is 17.8. The van der Waals surface area contributed by atoms with Crippen molar-refractivity contribution in [2.45, 2.75) is 19.8 Å². The summed E-state index contributed by atoms with van der Waals surface area (Å²) in [7, 11) is 0. The predicted octanol–water partition coefficient (Wildman–Crippen LogP) is 5.12. The van der Waals surface area contributed by atoms with Crippen molar-refractivity contribution in [3.8, 4) is 5.75 Å². The van der Waals surface area contributed by atoms with Crippen LogP contribution in [0.1, 0.15) is 28.8 Å². The summed E-state index contributed by atoms with van der Waals surface area (Å²) in [5, 5.41) is 14.8. The summed E-state index contributed by atoms with van der Waals surface area (Å²) < 4.78 is 5.93. The number of ether oxygens (including phenoxy) is 1. The number of hydrogen-bond donors (Lipinski definition) is 2. The molecule has 3 aromatic carbocycles. The number of aromatic carboxylic acids is 1. The maximum Gasteiger partial charge on any atom is 0.337 e. The summed E-state index contributed by atoms with van der Waals surface area (Å²) in [4.78, 5) is 11.3. The topological polar surface area (TPSA) is 58.6 Å². The van der Waals surface area contributed by atoms with Crippen LogP contribution < -0.4 is 10.1 Å². The van der Waals surface area contributed by atoms with Gasteiger partial charge in [0.05, 0.1) is 12.2 Å². The van der Waals surface area contributed by atoms with Gasteiger partial charge in [0.1, 0.15) is 5.75 Å². The van der Waals surface area contributed by atoms with Crippen LogP contribution in [-0.4, -0.2) is 24.2 Å². The van der Waals surface area contributed by atoms with Gasteiger partial charge < -0.3 is 15.2 Å². The molecule has 4 heteroatoms. The van der Waals surface area contributed by atoms with E-state index < -0.39 is 5.97 Å². The molecule has 3 aromatic rings. The average molecular weight is 349 g/mol. The Morgan fingerprint density at radius 3 is 2.69 bits per heavy atom. The van der Waals surface area contributed by atoms with Gasteiger partial charge in [-0.05, 0) is 43.4 Å². The zero-order chi connectivity index (χ0) is 18.4. The number of fused-ring (bicyclic) bond motifs is 1. The molecule has 0 aliphatic carbocycles. The monoisotopic (exact) mass is 349 g/mol. The predicted molar refractivity (Wildman–Crippen MR) is 105 cm³/mol. The van der Waals surface area contributed by atoms with Gasteiger partial charge in [-0.25, -0.2) is 4.79 Å². The van der Waals surface area contributed by atoms with Gasteiger partial charge in [0.25, 0.3) is 0 Å². The minimum atomic E-state index is -0.907. The van der Waals surface area contributed by atoms with Gasteiger partial charge in [0, 0.05) is 17.6 Å². The number of benzene rings is 3. The molecule has 134 valence electrons. The molecule has 26 heavy (non-hydrogen) atoms. The largest absolute Gasteiger partial charge is 0.493 e. The lowest BCUT2D eigenvalue weighted by Crippen LogP contribution is -2.09. The van der Waals surface area contributed by atoms with Crippen LogP contribution in [-0.2, 0) is 0 Å². The Kier molecular flexibility index (Phi) is 5.74. The van der Waals surface area contributed by atoms with Gasteiger partial charge in [-0.1, -0.05) is 48.0 Å². The number of carboxylic acids is 1. The van der Waals surface area contributed by atoms with Crippen LogP contribution in [0, 0.1) is 6.92 Å². The summed E-state index contributed by atoms with van der Waals surface area (Å²) in [6.07, 6.45) is 1.79. The van der Waals surface area contributed by atoms with Gasteiger partial charge >= 0.3 is 5.97 Å². The van der Waals surface area contributed by atoms with Crippen molar-refractivity contribution < 1.29 is 14.6 Å². The molecular formula is C22H23NO3. The highest BCUT2D eigenvalue weighted by molar-refractivity contribution is 5.94. The zero-order valence-electron chi connectivity index (χ0n) is 14.9. The first-order valence-electron chi connectivity index (χ1n) is 8.83. The number of carbonyl (C=O) groups is 1. The molecule has 0 aliphatic rings. The van der Waals surface area contributed by atoms with E-state index in [1.165, 1.54) is 5.39 Å². The number of rotatable bonds is 8. The lowest BCUT2D eigenvalue weighted by molar-refractivity contribution is 0.0698. The third-order valence-electron chi connectivity index (χ3n) is 4.30. The van der Waals surface area contributed by atoms with Gasteiger partial charge in [0.2, 0.25) is 0 Å². The van der Waals surface area contributed by atoms with E-state index in [-0.39, 0.29) is 0 Å². The first-order chi connectivity index (χ1) is 12.6. The fourth-order valence-corrected chi connectivity index (χ4v) is 2.94. The van der Waals surface area contributed by atoms with Crippen LogP contribution in [0.15, 0.2) is 60.7 Å². The molecule has 0 saturated heterocycles.